The summed E-state index contributed by atoms with van der Waals surface area (Å²) in [6.45, 7) is 1.55. The summed E-state index contributed by atoms with van der Waals surface area (Å²) in [6.07, 6.45) is 7.36. The van der Waals surface area contributed by atoms with Crippen LogP contribution in [-0.2, 0) is 11.3 Å². The number of hydrogen-bond acceptors (Lipinski definition) is 4. The van der Waals surface area contributed by atoms with Crippen LogP contribution in [0.25, 0.3) is 0 Å². The Balaban J connectivity index is 1.59. The van der Waals surface area contributed by atoms with Crippen LogP contribution in [0, 0.1) is 5.82 Å². The molecule has 4 rings (SSSR count). The Hall–Kier alpha value is -2.28. The van der Waals surface area contributed by atoms with E-state index in [1.807, 2.05) is 4.68 Å². The molecule has 1 aromatic carbocycles. The number of likely N-dealkylation sites (tertiary alicyclic amines) is 1. The van der Waals surface area contributed by atoms with E-state index in [0.29, 0.717) is 12.6 Å². The molecule has 2 fully saturated rings. The Kier molecular flexibility index (Phi) is 4.48. The number of amides is 1. The topological polar surface area (TPSA) is 63.1 Å². The van der Waals surface area contributed by atoms with Gasteiger partial charge in [-0.3, -0.25) is 14.4 Å². The summed E-state index contributed by atoms with van der Waals surface area (Å²) >= 11 is 0. The Morgan fingerprint density at radius 1 is 1.28 bits per heavy atom. The Morgan fingerprint density at radius 3 is 2.76 bits per heavy atom. The molecule has 1 amide bonds. The van der Waals surface area contributed by atoms with Gasteiger partial charge in [0.25, 0.3) is 0 Å². The third-order valence-electron chi connectivity index (χ3n) is 4.98. The Bertz CT molecular complexity index is 714. The molecule has 0 unspecified atom stereocenters. The minimum atomic E-state index is -0.391. The van der Waals surface area contributed by atoms with Crippen LogP contribution in [0.4, 0.5) is 4.39 Å². The number of rotatable bonds is 6. The van der Waals surface area contributed by atoms with Crippen LogP contribution < -0.4 is 5.32 Å². The molecular weight excluding hydrogens is 321 g/mol. The van der Waals surface area contributed by atoms with Gasteiger partial charge in [0.05, 0.1) is 6.54 Å². The number of hydrogen-bond donors (Lipinski definition) is 1. The van der Waals surface area contributed by atoms with Crippen LogP contribution in [0.15, 0.2) is 36.9 Å². The zero-order valence-corrected chi connectivity index (χ0v) is 14.0. The SMILES string of the molecule is O=C(NC1CC1)[C@@H](c1ccc(F)cc1)N1CCC[C@H]1Cn1cncn1. The first-order valence-corrected chi connectivity index (χ1v) is 8.85. The molecule has 132 valence electrons. The molecule has 0 bridgehead atoms. The molecule has 1 aliphatic heterocycles. The van der Waals surface area contributed by atoms with Gasteiger partial charge in [-0.05, 0) is 49.9 Å². The van der Waals surface area contributed by atoms with Crippen LogP contribution in [0.1, 0.15) is 37.3 Å². The zero-order chi connectivity index (χ0) is 17.2. The summed E-state index contributed by atoms with van der Waals surface area (Å²) in [5.74, 6) is -0.273. The number of nitrogens with zero attached hydrogens (tertiary/aromatic N) is 4. The van der Waals surface area contributed by atoms with E-state index in [1.54, 1.807) is 18.5 Å². The smallest absolute Gasteiger partial charge is 0.242 e. The summed E-state index contributed by atoms with van der Waals surface area (Å²) in [4.78, 5) is 19.2. The fourth-order valence-electron chi connectivity index (χ4n) is 3.58. The fraction of sp³-hybridized carbons (Fsp3) is 0.500. The zero-order valence-electron chi connectivity index (χ0n) is 14.0. The second-order valence-corrected chi connectivity index (χ2v) is 6.89. The Morgan fingerprint density at radius 2 is 2.08 bits per heavy atom. The first-order chi connectivity index (χ1) is 12.2. The molecule has 6 nitrogen and oxygen atoms in total. The van der Waals surface area contributed by atoms with Crippen molar-refractivity contribution < 1.29 is 9.18 Å². The third-order valence-corrected chi connectivity index (χ3v) is 4.98. The number of nitrogens with one attached hydrogen (secondary N) is 1. The lowest BCUT2D eigenvalue weighted by Crippen LogP contribution is -2.44. The highest BCUT2D eigenvalue weighted by molar-refractivity contribution is 5.83. The Labute approximate surface area is 146 Å². The maximum atomic E-state index is 13.3. The van der Waals surface area contributed by atoms with Crippen LogP contribution in [0.5, 0.6) is 0 Å². The van der Waals surface area contributed by atoms with E-state index < -0.39 is 6.04 Å². The lowest BCUT2D eigenvalue weighted by atomic mass is 10.0. The van der Waals surface area contributed by atoms with Gasteiger partial charge in [-0.2, -0.15) is 5.10 Å². The molecule has 0 radical (unpaired) electrons. The number of aromatic nitrogens is 3. The van der Waals surface area contributed by atoms with E-state index in [-0.39, 0.29) is 17.8 Å². The average Bonchev–Trinajstić information content (AvgIpc) is 3.08. The predicted octanol–water partition coefficient (Wildman–Crippen LogP) is 1.90. The van der Waals surface area contributed by atoms with Crippen LogP contribution in [0.3, 0.4) is 0 Å². The van der Waals surface area contributed by atoms with Crippen molar-refractivity contribution in [3.8, 4) is 0 Å². The number of halogens is 1. The molecule has 25 heavy (non-hydrogen) atoms. The molecule has 1 aliphatic carbocycles. The number of carbonyl (C=O) groups excluding carboxylic acids is 1. The highest BCUT2D eigenvalue weighted by Crippen LogP contribution is 2.32. The van der Waals surface area contributed by atoms with Crippen molar-refractivity contribution in [3.63, 3.8) is 0 Å². The molecule has 2 atom stereocenters. The van der Waals surface area contributed by atoms with Gasteiger partial charge in [0.1, 0.15) is 24.5 Å². The van der Waals surface area contributed by atoms with E-state index in [4.69, 9.17) is 0 Å². The predicted molar refractivity (Wildman–Crippen MR) is 90.1 cm³/mol. The molecule has 7 heteroatoms. The lowest BCUT2D eigenvalue weighted by molar-refractivity contribution is -0.127. The minimum Gasteiger partial charge on any atom is -0.352 e. The molecule has 2 aliphatic rings. The summed E-state index contributed by atoms with van der Waals surface area (Å²) < 4.78 is 15.2. The van der Waals surface area contributed by atoms with Gasteiger partial charge < -0.3 is 5.32 Å². The average molecular weight is 343 g/mol. The van der Waals surface area contributed by atoms with Gasteiger partial charge in [0, 0.05) is 12.1 Å². The van der Waals surface area contributed by atoms with Crippen molar-refractivity contribution >= 4 is 5.91 Å². The van der Waals surface area contributed by atoms with E-state index in [0.717, 1.165) is 37.8 Å². The fourth-order valence-corrected chi connectivity index (χ4v) is 3.58. The van der Waals surface area contributed by atoms with Crippen LogP contribution in [-0.4, -0.2) is 44.2 Å². The third kappa shape index (κ3) is 3.71. The molecule has 1 aromatic heterocycles. The van der Waals surface area contributed by atoms with E-state index in [9.17, 15) is 9.18 Å². The van der Waals surface area contributed by atoms with Crippen molar-refractivity contribution in [3.05, 3.63) is 48.3 Å². The summed E-state index contributed by atoms with van der Waals surface area (Å²) in [6, 6.07) is 6.41. The minimum absolute atomic E-state index is 0.0135. The maximum absolute atomic E-state index is 13.3. The lowest BCUT2D eigenvalue weighted by Gasteiger charge is -2.32. The van der Waals surface area contributed by atoms with E-state index >= 15 is 0 Å². The van der Waals surface area contributed by atoms with Crippen molar-refractivity contribution in [1.82, 2.24) is 25.0 Å². The first-order valence-electron chi connectivity index (χ1n) is 8.85. The highest BCUT2D eigenvalue weighted by Gasteiger charge is 2.38. The summed E-state index contributed by atoms with van der Waals surface area (Å²) in [7, 11) is 0. The standard InChI is InChI=1S/C18H22FN5O/c19-14-5-3-13(4-6-14)17(18(25)22-15-7-8-15)24-9-1-2-16(24)10-23-12-20-11-21-23/h3-6,11-12,15-17H,1-2,7-10H2,(H,22,25)/t16-,17+/m0/s1. The summed E-state index contributed by atoms with van der Waals surface area (Å²) in [5, 5.41) is 7.30. The summed E-state index contributed by atoms with van der Waals surface area (Å²) in [5.41, 5.74) is 0.838. The quantitative estimate of drug-likeness (QED) is 0.870. The van der Waals surface area contributed by atoms with Gasteiger partial charge >= 0.3 is 0 Å². The normalized spacial score (nSPS) is 22.0. The van der Waals surface area contributed by atoms with Crippen LogP contribution >= 0.6 is 0 Å². The molecule has 2 aromatic rings. The van der Waals surface area contributed by atoms with Crippen molar-refractivity contribution in [2.45, 2.75) is 50.4 Å². The molecule has 1 N–H and O–H groups in total. The van der Waals surface area contributed by atoms with Crippen LogP contribution in [0.2, 0.25) is 0 Å². The van der Waals surface area contributed by atoms with Gasteiger partial charge in [0.15, 0.2) is 0 Å². The molecule has 2 heterocycles. The maximum Gasteiger partial charge on any atom is 0.242 e. The van der Waals surface area contributed by atoms with E-state index in [1.165, 1.54) is 18.5 Å². The van der Waals surface area contributed by atoms with Gasteiger partial charge in [-0.25, -0.2) is 9.37 Å². The number of benzene rings is 1. The largest absolute Gasteiger partial charge is 0.352 e. The number of carbonyl (C=O) groups is 1. The van der Waals surface area contributed by atoms with Gasteiger partial charge in [0.2, 0.25) is 5.91 Å². The second kappa shape index (κ2) is 6.92. The monoisotopic (exact) mass is 343 g/mol. The van der Waals surface area contributed by atoms with Crippen molar-refractivity contribution in [2.24, 2.45) is 0 Å². The molecule has 1 saturated heterocycles. The second-order valence-electron chi connectivity index (χ2n) is 6.89. The highest BCUT2D eigenvalue weighted by atomic mass is 19.1. The van der Waals surface area contributed by atoms with E-state index in [2.05, 4.69) is 20.3 Å². The van der Waals surface area contributed by atoms with Crippen molar-refractivity contribution in [1.29, 1.82) is 0 Å². The van der Waals surface area contributed by atoms with Crippen molar-refractivity contribution in [2.75, 3.05) is 6.54 Å². The molecular formula is C18H22FN5O. The van der Waals surface area contributed by atoms with Gasteiger partial charge in [-0.1, -0.05) is 12.1 Å². The molecule has 0 spiro atoms. The molecule has 1 saturated carbocycles. The van der Waals surface area contributed by atoms with Gasteiger partial charge in [-0.15, -0.1) is 0 Å². The first kappa shape index (κ1) is 16.2.